The summed E-state index contributed by atoms with van der Waals surface area (Å²) in [6.45, 7) is 4.73. The Morgan fingerprint density at radius 2 is 2.21 bits per heavy atom. The Balaban J connectivity index is 2.19. The minimum absolute atomic E-state index is 0.0884. The maximum absolute atomic E-state index is 5.46. The second kappa shape index (κ2) is 2.36. The zero-order valence-electron chi connectivity index (χ0n) is 8.20. The highest BCUT2D eigenvalue weighted by atomic mass is 16.6. The quantitative estimate of drug-likeness (QED) is 0.646. The molecular weight excluding hydrogens is 178 g/mol. The minimum Gasteiger partial charge on any atom is -0.441 e. The van der Waals surface area contributed by atoms with Crippen LogP contribution in [0, 0.1) is 6.92 Å². The van der Waals surface area contributed by atoms with Crippen LogP contribution in [0.5, 0.6) is 0 Å². The number of hydrogen-bond acceptors (Lipinski definition) is 3. The van der Waals surface area contributed by atoms with Gasteiger partial charge in [-0.05, 0) is 24.6 Å². The van der Waals surface area contributed by atoms with Crippen LogP contribution in [0.4, 0.5) is 0 Å². The summed E-state index contributed by atoms with van der Waals surface area (Å²) in [6, 6.07) is 6.05. The molecule has 1 aliphatic heterocycles. The first-order chi connectivity index (χ1) is 6.67. The van der Waals surface area contributed by atoms with Gasteiger partial charge in [-0.3, -0.25) is 0 Å². The Morgan fingerprint density at radius 3 is 2.93 bits per heavy atom. The number of fused-ring (bicyclic) bond motifs is 1. The summed E-state index contributed by atoms with van der Waals surface area (Å²) in [7, 11) is 0. The highest BCUT2D eigenvalue weighted by molar-refractivity contribution is 5.73. The predicted molar refractivity (Wildman–Crippen MR) is 52.1 cm³/mol. The van der Waals surface area contributed by atoms with E-state index in [9.17, 15) is 0 Å². The van der Waals surface area contributed by atoms with Gasteiger partial charge in [-0.2, -0.15) is 0 Å². The van der Waals surface area contributed by atoms with Crippen molar-refractivity contribution in [2.75, 3.05) is 6.61 Å². The molecule has 3 rings (SSSR count). The molecule has 2 aromatic rings. The molecule has 1 saturated heterocycles. The lowest BCUT2D eigenvalue weighted by atomic mass is 10.0. The molecule has 14 heavy (non-hydrogen) atoms. The Labute approximate surface area is 81.7 Å². The average Bonchev–Trinajstić information content (AvgIpc) is 2.79. The molecule has 0 bridgehead atoms. The number of aryl methyl sites for hydroxylation is 1. The molecule has 1 fully saturated rings. The maximum atomic E-state index is 5.46. The fourth-order valence-electron chi connectivity index (χ4n) is 1.64. The van der Waals surface area contributed by atoms with E-state index in [2.05, 4.69) is 18.0 Å². The van der Waals surface area contributed by atoms with Crippen molar-refractivity contribution < 1.29 is 9.15 Å². The molecule has 2 heterocycles. The van der Waals surface area contributed by atoms with Crippen molar-refractivity contribution >= 4 is 11.1 Å². The number of epoxide rings is 1. The number of nitrogens with zero attached hydrogens (tertiary/aromatic N) is 1. The number of aromatic nitrogens is 1. The van der Waals surface area contributed by atoms with Crippen LogP contribution in [-0.4, -0.2) is 11.6 Å². The molecule has 3 nitrogen and oxygen atoms in total. The molecule has 1 unspecified atom stereocenters. The lowest BCUT2D eigenvalue weighted by Gasteiger charge is -2.03. The van der Waals surface area contributed by atoms with Crippen LogP contribution in [0.15, 0.2) is 22.6 Å². The van der Waals surface area contributed by atoms with E-state index in [1.54, 1.807) is 0 Å². The molecule has 0 saturated carbocycles. The lowest BCUT2D eigenvalue weighted by molar-refractivity contribution is 0.329. The number of benzene rings is 1. The summed E-state index contributed by atoms with van der Waals surface area (Å²) < 4.78 is 10.8. The van der Waals surface area contributed by atoms with Gasteiger partial charge in [0.25, 0.3) is 0 Å². The molecule has 3 heteroatoms. The van der Waals surface area contributed by atoms with Gasteiger partial charge < -0.3 is 9.15 Å². The second-order valence-electron chi connectivity index (χ2n) is 3.93. The SMILES string of the molecule is Cc1nc2ccc(C3(C)CO3)cc2o1. The van der Waals surface area contributed by atoms with Crippen molar-refractivity contribution in [3.8, 4) is 0 Å². The van der Waals surface area contributed by atoms with Crippen LogP contribution in [-0.2, 0) is 10.3 Å². The van der Waals surface area contributed by atoms with Crippen molar-refractivity contribution in [1.82, 2.24) is 4.98 Å². The highest BCUT2D eigenvalue weighted by Crippen LogP contribution is 2.38. The maximum Gasteiger partial charge on any atom is 0.192 e. The Kier molecular flexibility index (Phi) is 1.35. The molecule has 1 aromatic heterocycles. The Hall–Kier alpha value is -1.35. The van der Waals surface area contributed by atoms with E-state index in [4.69, 9.17) is 9.15 Å². The van der Waals surface area contributed by atoms with Crippen LogP contribution >= 0.6 is 0 Å². The fraction of sp³-hybridized carbons (Fsp3) is 0.364. The van der Waals surface area contributed by atoms with E-state index in [1.807, 2.05) is 19.1 Å². The van der Waals surface area contributed by atoms with Gasteiger partial charge in [0.05, 0.1) is 6.61 Å². The van der Waals surface area contributed by atoms with Gasteiger partial charge in [-0.1, -0.05) is 6.07 Å². The molecule has 0 radical (unpaired) electrons. The van der Waals surface area contributed by atoms with E-state index in [0.29, 0.717) is 5.89 Å². The molecule has 0 amide bonds. The molecule has 72 valence electrons. The highest BCUT2D eigenvalue weighted by Gasteiger charge is 2.41. The average molecular weight is 189 g/mol. The van der Waals surface area contributed by atoms with Crippen molar-refractivity contribution in [3.63, 3.8) is 0 Å². The number of rotatable bonds is 1. The first kappa shape index (κ1) is 8.00. The molecule has 1 aliphatic rings. The topological polar surface area (TPSA) is 38.6 Å². The van der Waals surface area contributed by atoms with Crippen LogP contribution < -0.4 is 0 Å². The van der Waals surface area contributed by atoms with Crippen molar-refractivity contribution in [2.24, 2.45) is 0 Å². The van der Waals surface area contributed by atoms with Crippen LogP contribution in [0.1, 0.15) is 18.4 Å². The summed E-state index contributed by atoms with van der Waals surface area (Å²) >= 11 is 0. The zero-order valence-corrected chi connectivity index (χ0v) is 8.20. The van der Waals surface area contributed by atoms with Gasteiger partial charge in [0.1, 0.15) is 11.1 Å². The minimum atomic E-state index is -0.0884. The molecule has 1 atom stereocenters. The first-order valence-corrected chi connectivity index (χ1v) is 4.69. The van der Waals surface area contributed by atoms with Gasteiger partial charge in [0.2, 0.25) is 0 Å². The van der Waals surface area contributed by atoms with Crippen molar-refractivity contribution in [1.29, 1.82) is 0 Å². The third kappa shape index (κ3) is 1.06. The van der Waals surface area contributed by atoms with E-state index in [0.717, 1.165) is 17.7 Å². The fourth-order valence-corrected chi connectivity index (χ4v) is 1.64. The smallest absolute Gasteiger partial charge is 0.192 e. The van der Waals surface area contributed by atoms with Crippen LogP contribution in [0.2, 0.25) is 0 Å². The van der Waals surface area contributed by atoms with E-state index in [-0.39, 0.29) is 5.60 Å². The summed E-state index contributed by atoms with van der Waals surface area (Å²) in [5.74, 6) is 0.707. The monoisotopic (exact) mass is 189 g/mol. The van der Waals surface area contributed by atoms with Gasteiger partial charge >= 0.3 is 0 Å². The number of hydrogen-bond donors (Lipinski definition) is 0. The van der Waals surface area contributed by atoms with E-state index in [1.165, 1.54) is 5.56 Å². The van der Waals surface area contributed by atoms with Gasteiger partial charge in [-0.15, -0.1) is 0 Å². The summed E-state index contributed by atoms with van der Waals surface area (Å²) in [5, 5.41) is 0. The first-order valence-electron chi connectivity index (χ1n) is 4.69. The van der Waals surface area contributed by atoms with Gasteiger partial charge in [-0.25, -0.2) is 4.98 Å². The Bertz CT molecular complexity index is 497. The third-order valence-electron chi connectivity index (χ3n) is 2.68. The predicted octanol–water partition coefficient (Wildman–Crippen LogP) is 2.38. The van der Waals surface area contributed by atoms with Crippen molar-refractivity contribution in [3.05, 3.63) is 29.7 Å². The molecule has 1 aromatic carbocycles. The number of oxazole rings is 1. The van der Waals surface area contributed by atoms with Crippen LogP contribution in [0.25, 0.3) is 11.1 Å². The number of ether oxygens (including phenoxy) is 1. The van der Waals surface area contributed by atoms with Crippen molar-refractivity contribution in [2.45, 2.75) is 19.4 Å². The zero-order chi connectivity index (χ0) is 9.76. The Morgan fingerprint density at radius 1 is 1.43 bits per heavy atom. The molecule has 0 aliphatic carbocycles. The lowest BCUT2D eigenvalue weighted by Crippen LogP contribution is -2.00. The van der Waals surface area contributed by atoms with Crippen LogP contribution in [0.3, 0.4) is 0 Å². The third-order valence-corrected chi connectivity index (χ3v) is 2.68. The van der Waals surface area contributed by atoms with Gasteiger partial charge in [0.15, 0.2) is 11.5 Å². The van der Waals surface area contributed by atoms with Gasteiger partial charge in [0, 0.05) is 6.92 Å². The molecule has 0 spiro atoms. The summed E-state index contributed by atoms with van der Waals surface area (Å²) in [4.78, 5) is 4.25. The standard InChI is InChI=1S/C11H11NO2/c1-7-12-9-4-3-8(5-10(9)14-7)11(2)6-13-11/h3-5H,6H2,1-2H3. The molecular formula is C11H11NO2. The summed E-state index contributed by atoms with van der Waals surface area (Å²) in [6.07, 6.45) is 0. The summed E-state index contributed by atoms with van der Waals surface area (Å²) in [5.41, 5.74) is 2.84. The molecule has 0 N–H and O–H groups in total. The second-order valence-corrected chi connectivity index (χ2v) is 3.93. The largest absolute Gasteiger partial charge is 0.441 e. The normalized spacial score (nSPS) is 25.6. The van der Waals surface area contributed by atoms with E-state index >= 15 is 0 Å². The van der Waals surface area contributed by atoms with E-state index < -0.39 is 0 Å².